The van der Waals surface area contributed by atoms with Crippen LogP contribution in [0.25, 0.3) is 0 Å². The van der Waals surface area contributed by atoms with Crippen LogP contribution in [0.2, 0.25) is 0 Å². The van der Waals surface area contributed by atoms with E-state index in [0.717, 1.165) is 0 Å². The number of rotatable bonds is 0. The summed E-state index contributed by atoms with van der Waals surface area (Å²) in [4.78, 5) is 0. The first kappa shape index (κ1) is 15.9. The van der Waals surface area contributed by atoms with Crippen LogP contribution in [0.1, 0.15) is 0 Å². The zero-order valence-corrected chi connectivity index (χ0v) is 6.19. The normalized spacial score (nSPS) is 8.14. The summed E-state index contributed by atoms with van der Waals surface area (Å²) in [6, 6.07) is 0. The van der Waals surface area contributed by atoms with Crippen molar-refractivity contribution in [1.82, 2.24) is 0 Å². The Labute approximate surface area is 86.4 Å². The van der Waals surface area contributed by atoms with E-state index < -0.39 is 13.0 Å². The Morgan fingerprint density at radius 2 is 1.14 bits per heavy atom. The van der Waals surface area contributed by atoms with E-state index in [2.05, 4.69) is 0 Å². The zero-order chi connectivity index (χ0) is 4.50. The third kappa shape index (κ3) is 77.1. The van der Waals surface area contributed by atoms with Crippen molar-refractivity contribution in [3.8, 4) is 0 Å². The first-order valence-corrected chi connectivity index (χ1v) is 2.54. The molecule has 0 aliphatic heterocycles. The molecule has 0 bridgehead atoms. The van der Waals surface area contributed by atoms with Crippen LogP contribution in [-0.4, -0.2) is 29.6 Å². The SMILES string of the molecule is [Na+].[NaH].[O]=[Mn](=[O])(=[O])[O-]. The van der Waals surface area contributed by atoms with E-state index in [9.17, 15) is 0 Å². The molecule has 0 rings (SSSR count). The molecule has 0 fully saturated rings. The van der Waals surface area contributed by atoms with Gasteiger partial charge in [0.15, 0.2) is 0 Å². The van der Waals surface area contributed by atoms with E-state index in [1.54, 1.807) is 0 Å². The average molecular weight is 166 g/mol. The molecule has 0 saturated carbocycles. The van der Waals surface area contributed by atoms with Crippen molar-refractivity contribution in [3.63, 3.8) is 0 Å². The van der Waals surface area contributed by atoms with Gasteiger partial charge in [-0.05, 0) is 0 Å². The summed E-state index contributed by atoms with van der Waals surface area (Å²) >= 11 is -5.62. The van der Waals surface area contributed by atoms with Gasteiger partial charge in [0, 0.05) is 0 Å². The van der Waals surface area contributed by atoms with E-state index >= 15 is 0 Å². The van der Waals surface area contributed by atoms with E-state index in [-0.39, 0.29) is 59.1 Å². The third-order valence-electron chi connectivity index (χ3n) is 0. The molecule has 34 valence electrons. The molecule has 0 atom stereocenters. The van der Waals surface area contributed by atoms with Crippen molar-refractivity contribution in [2.24, 2.45) is 0 Å². The Morgan fingerprint density at radius 3 is 1.14 bits per heavy atom. The second-order valence-electron chi connectivity index (χ2n) is 0.378. The van der Waals surface area contributed by atoms with Crippen LogP contribution in [0.3, 0.4) is 0 Å². The van der Waals surface area contributed by atoms with Crippen LogP contribution in [0.4, 0.5) is 0 Å². The number of hydrogen-bond donors (Lipinski definition) is 0. The van der Waals surface area contributed by atoms with Crippen LogP contribution in [0.5, 0.6) is 0 Å². The molecular weight excluding hydrogens is 165 g/mol. The van der Waals surface area contributed by atoms with Crippen LogP contribution in [-0.2, 0) is 24.5 Å². The van der Waals surface area contributed by atoms with Gasteiger partial charge in [-0.1, -0.05) is 0 Å². The maximum absolute atomic E-state index is 8.58. The second kappa shape index (κ2) is 6.01. The Hall–Kier alpha value is 1.88. The minimum absolute atomic E-state index is 0. The molecule has 0 aromatic heterocycles. The predicted molar refractivity (Wildman–Crippen MR) is 9.21 cm³/mol. The molecule has 7 heteroatoms. The average Bonchev–Trinajstić information content (AvgIpc) is 0.722. The van der Waals surface area contributed by atoms with E-state index in [1.807, 2.05) is 0 Å². The summed E-state index contributed by atoms with van der Waals surface area (Å²) < 4.78 is 34.3. The molecule has 0 unspecified atom stereocenters. The topological polar surface area (TPSA) is 74.3 Å². The summed E-state index contributed by atoms with van der Waals surface area (Å²) in [5, 5.41) is 0. The van der Waals surface area contributed by atoms with E-state index in [0.29, 0.717) is 0 Å². The van der Waals surface area contributed by atoms with Gasteiger partial charge in [0.2, 0.25) is 0 Å². The molecule has 0 N–H and O–H groups in total. The zero-order valence-electron chi connectivity index (χ0n) is 3.01. The molecule has 0 aliphatic rings. The fourth-order valence-electron chi connectivity index (χ4n) is 0. The maximum atomic E-state index is 8.58. The second-order valence-corrected chi connectivity index (χ2v) is 1.56. The molecule has 7 heavy (non-hydrogen) atoms. The van der Waals surface area contributed by atoms with Crippen molar-refractivity contribution in [2.45, 2.75) is 0 Å². The van der Waals surface area contributed by atoms with E-state index in [1.165, 1.54) is 0 Å². The van der Waals surface area contributed by atoms with Crippen molar-refractivity contribution < 1.29 is 58.2 Å². The van der Waals surface area contributed by atoms with Gasteiger partial charge in [-0.15, -0.1) is 0 Å². The van der Waals surface area contributed by atoms with Crippen LogP contribution in [0, 0.1) is 0 Å². The summed E-state index contributed by atoms with van der Waals surface area (Å²) in [5.74, 6) is 0. The van der Waals surface area contributed by atoms with Gasteiger partial charge in [-0.3, -0.25) is 0 Å². The van der Waals surface area contributed by atoms with Crippen molar-refractivity contribution in [3.05, 3.63) is 0 Å². The van der Waals surface area contributed by atoms with Crippen LogP contribution in [0.15, 0.2) is 0 Å². The third-order valence-corrected chi connectivity index (χ3v) is 0. The Morgan fingerprint density at radius 1 is 1.14 bits per heavy atom. The molecule has 0 radical (unpaired) electrons. The van der Waals surface area contributed by atoms with Gasteiger partial charge in [-0.25, -0.2) is 0 Å². The Bertz CT molecular complexity index is 131. The molecule has 0 spiro atoms. The summed E-state index contributed by atoms with van der Waals surface area (Å²) in [6.45, 7) is 0. The fraction of sp³-hybridized carbons (Fsp3) is 0. The molecule has 0 aromatic carbocycles. The van der Waals surface area contributed by atoms with Gasteiger partial charge >= 0.3 is 87.8 Å². The van der Waals surface area contributed by atoms with Crippen molar-refractivity contribution >= 4 is 29.6 Å². The van der Waals surface area contributed by atoms with Crippen molar-refractivity contribution in [2.75, 3.05) is 0 Å². The molecule has 0 heterocycles. The number of hydrogen-bond acceptors (Lipinski definition) is 4. The minimum atomic E-state index is -5.62. The summed E-state index contributed by atoms with van der Waals surface area (Å²) in [6.07, 6.45) is 0. The quantitative estimate of drug-likeness (QED) is 0.337. The summed E-state index contributed by atoms with van der Waals surface area (Å²) in [7, 11) is 0. The van der Waals surface area contributed by atoms with Crippen molar-refractivity contribution in [1.29, 1.82) is 0 Å². The molecule has 0 aromatic rings. The Kier molecular flexibility index (Phi) is 13.7. The van der Waals surface area contributed by atoms with Crippen LogP contribution >= 0.6 is 0 Å². The van der Waals surface area contributed by atoms with E-state index in [4.69, 9.17) is 15.7 Å². The van der Waals surface area contributed by atoms with Gasteiger partial charge in [0.05, 0.1) is 0 Å². The predicted octanol–water partition coefficient (Wildman–Crippen LogP) is -5.19. The Balaban J connectivity index is -0.0000000800. The van der Waals surface area contributed by atoms with Gasteiger partial charge in [0.25, 0.3) is 0 Å². The summed E-state index contributed by atoms with van der Waals surface area (Å²) in [5.41, 5.74) is 0. The molecule has 0 amide bonds. The van der Waals surface area contributed by atoms with Gasteiger partial charge in [0.1, 0.15) is 0 Å². The molecule has 0 saturated heterocycles. The molecule has 4 nitrogen and oxygen atoms in total. The fourth-order valence-corrected chi connectivity index (χ4v) is 0. The van der Waals surface area contributed by atoms with Crippen LogP contribution < -0.4 is 33.7 Å². The first-order chi connectivity index (χ1) is 2.00. The first-order valence-electron chi connectivity index (χ1n) is 0.617. The molecular formula is HMnNa2O4. The standard InChI is InChI=1S/Mn.2Na.4O.H/q;;+1;;;;-1;. The van der Waals surface area contributed by atoms with Gasteiger partial charge < -0.3 is 0 Å². The monoisotopic (exact) mass is 166 g/mol. The van der Waals surface area contributed by atoms with Gasteiger partial charge in [-0.2, -0.15) is 0 Å². The molecule has 0 aliphatic carbocycles.